The van der Waals surface area contributed by atoms with E-state index in [1.165, 1.54) is 29.2 Å². The van der Waals surface area contributed by atoms with Gasteiger partial charge in [0.05, 0.1) is 6.04 Å². The van der Waals surface area contributed by atoms with Crippen molar-refractivity contribution in [3.8, 4) is 5.75 Å². The molecule has 0 N–H and O–H groups in total. The first-order chi connectivity index (χ1) is 18.2. The van der Waals surface area contributed by atoms with E-state index in [1.54, 1.807) is 7.05 Å². The normalized spacial score (nSPS) is 21.2. The second-order valence-corrected chi connectivity index (χ2v) is 10.8. The first-order valence-corrected chi connectivity index (χ1v) is 13.3. The summed E-state index contributed by atoms with van der Waals surface area (Å²) >= 11 is 6.44. The van der Waals surface area contributed by atoms with Crippen LogP contribution < -0.4 is 4.74 Å². The molecule has 200 valence electrons. The van der Waals surface area contributed by atoms with Crippen molar-refractivity contribution in [3.05, 3.63) is 76.1 Å². The molecule has 38 heavy (non-hydrogen) atoms. The second-order valence-electron chi connectivity index (χ2n) is 10.4. The Bertz CT molecular complexity index is 1270. The summed E-state index contributed by atoms with van der Waals surface area (Å²) in [5.74, 6) is -0.355. The number of nitrogens with zero attached hydrogens (tertiary/aromatic N) is 3. The summed E-state index contributed by atoms with van der Waals surface area (Å²) in [5.41, 5.74) is 2.76. The van der Waals surface area contributed by atoms with E-state index in [2.05, 4.69) is 0 Å². The zero-order valence-electron chi connectivity index (χ0n) is 21.5. The van der Waals surface area contributed by atoms with Crippen molar-refractivity contribution >= 4 is 29.5 Å². The Balaban J connectivity index is 1.30. The minimum absolute atomic E-state index is 0.0498. The fraction of sp³-hybridized carbons (Fsp3) is 0.414. The Morgan fingerprint density at radius 3 is 2.34 bits per heavy atom. The van der Waals surface area contributed by atoms with Gasteiger partial charge in [-0.25, -0.2) is 9.18 Å². The zero-order valence-corrected chi connectivity index (χ0v) is 22.3. The topological polar surface area (TPSA) is 70.2 Å². The monoisotopic (exact) mass is 539 g/mol. The van der Waals surface area contributed by atoms with Crippen LogP contribution in [0.1, 0.15) is 36.3 Å². The third-order valence-corrected chi connectivity index (χ3v) is 8.25. The van der Waals surface area contributed by atoms with Crippen LogP contribution in [0.5, 0.6) is 5.75 Å². The first-order valence-electron chi connectivity index (χ1n) is 12.9. The number of likely N-dealkylation sites (tertiary alicyclic amines) is 2. The Kier molecular flexibility index (Phi) is 7.43. The molecule has 3 amide bonds. The molecule has 0 unspecified atom stereocenters. The van der Waals surface area contributed by atoms with E-state index in [0.717, 1.165) is 23.1 Å². The van der Waals surface area contributed by atoms with Gasteiger partial charge in [0, 0.05) is 55.7 Å². The lowest BCUT2D eigenvalue weighted by Crippen LogP contribution is -2.45. The molecule has 5 rings (SSSR count). The number of aryl methyl sites for hydroxylation is 1. The van der Waals surface area contributed by atoms with Crippen LogP contribution in [0.4, 0.5) is 9.18 Å². The number of benzene rings is 2. The van der Waals surface area contributed by atoms with Crippen LogP contribution in [0.2, 0.25) is 5.02 Å². The summed E-state index contributed by atoms with van der Waals surface area (Å²) in [6.45, 7) is 3.88. The quantitative estimate of drug-likeness (QED) is 0.548. The van der Waals surface area contributed by atoms with Crippen LogP contribution in [-0.4, -0.2) is 71.9 Å². The third-order valence-electron chi connectivity index (χ3n) is 7.84. The predicted octanol–water partition coefficient (Wildman–Crippen LogP) is 4.78. The summed E-state index contributed by atoms with van der Waals surface area (Å²) in [5, 5.41) is 0.630. The Labute approximate surface area is 226 Å². The molecule has 9 heteroatoms. The molecule has 2 atom stereocenters. The van der Waals surface area contributed by atoms with E-state index in [9.17, 15) is 18.8 Å². The molecule has 2 saturated heterocycles. The van der Waals surface area contributed by atoms with Gasteiger partial charge in [-0.3, -0.25) is 9.59 Å². The van der Waals surface area contributed by atoms with Crippen LogP contribution in [0, 0.1) is 18.7 Å². The number of carbonyl (C=O) groups is 3. The number of amides is 3. The molecular weight excluding hydrogens is 509 g/mol. The molecule has 0 bridgehead atoms. The Morgan fingerprint density at radius 1 is 1.03 bits per heavy atom. The molecule has 2 heterocycles. The lowest BCUT2D eigenvalue weighted by atomic mass is 9.93. The fourth-order valence-electron chi connectivity index (χ4n) is 5.35. The van der Waals surface area contributed by atoms with E-state index < -0.39 is 11.9 Å². The van der Waals surface area contributed by atoms with Crippen molar-refractivity contribution < 1.29 is 23.5 Å². The van der Waals surface area contributed by atoms with Gasteiger partial charge in [0.2, 0.25) is 11.8 Å². The number of ether oxygens (including phenoxy) is 1. The highest BCUT2D eigenvalue weighted by Gasteiger charge is 2.43. The zero-order chi connectivity index (χ0) is 27.0. The third kappa shape index (κ3) is 5.55. The largest absolute Gasteiger partial charge is 0.415 e. The second kappa shape index (κ2) is 10.8. The molecule has 2 fully saturated rings. The van der Waals surface area contributed by atoms with Crippen molar-refractivity contribution in [3.63, 3.8) is 0 Å². The number of carbonyl (C=O) groups excluding carboxylic acids is 3. The predicted molar refractivity (Wildman–Crippen MR) is 141 cm³/mol. The average molecular weight is 540 g/mol. The van der Waals surface area contributed by atoms with E-state index in [0.29, 0.717) is 44.0 Å². The molecule has 0 spiro atoms. The van der Waals surface area contributed by atoms with E-state index in [1.807, 2.05) is 41.0 Å². The maximum atomic E-state index is 13.6. The number of piperidine rings is 1. The van der Waals surface area contributed by atoms with Crippen molar-refractivity contribution in [2.45, 2.75) is 38.1 Å². The smallest absolute Gasteiger partial charge is 0.410 e. The minimum atomic E-state index is -0.583. The number of halogens is 2. The van der Waals surface area contributed by atoms with E-state index >= 15 is 0 Å². The summed E-state index contributed by atoms with van der Waals surface area (Å²) < 4.78 is 18.8. The van der Waals surface area contributed by atoms with Gasteiger partial charge < -0.3 is 19.4 Å². The van der Waals surface area contributed by atoms with Gasteiger partial charge in [-0.15, -0.1) is 0 Å². The van der Waals surface area contributed by atoms with E-state index in [4.69, 9.17) is 16.3 Å². The standard InChI is InChI=1S/C29H31ClFN3O4/c1-18-3-4-21(15-25(18)30)24-16-34(28(36)20-11-13-33(14-12-20)27(35)19-5-6-19)17-26(24)32(2)29(37)38-23-9-7-22(31)8-10-23/h3-5,7-10,15,20,24,26H,6,11-14,16-17H2,1-2H3/t24-,26+/m1/s1. The molecule has 3 aliphatic rings. The SMILES string of the molecule is Cc1ccc([C@H]2CN(C(=O)C3CCN(C(=O)C4=CC4)CC3)C[C@@H]2N(C)C(=O)Oc2ccc(F)cc2)cc1Cl. The first kappa shape index (κ1) is 26.2. The highest BCUT2D eigenvalue weighted by atomic mass is 35.5. The van der Waals surface area contributed by atoms with Crippen molar-refractivity contribution in [1.82, 2.24) is 14.7 Å². The summed E-state index contributed by atoms with van der Waals surface area (Å²) in [6.07, 6.45) is 3.37. The van der Waals surface area contributed by atoms with Crippen LogP contribution in [0.3, 0.4) is 0 Å². The maximum Gasteiger partial charge on any atom is 0.415 e. The van der Waals surface area contributed by atoms with E-state index in [-0.39, 0.29) is 35.4 Å². The molecule has 2 aromatic carbocycles. The molecule has 2 aliphatic heterocycles. The summed E-state index contributed by atoms with van der Waals surface area (Å²) in [4.78, 5) is 44.2. The van der Waals surface area contributed by atoms with Crippen LogP contribution in [0.25, 0.3) is 0 Å². The number of likely N-dealkylation sites (N-methyl/N-ethyl adjacent to an activating group) is 1. The summed E-state index contributed by atoms with van der Waals surface area (Å²) in [7, 11) is 1.66. The molecule has 0 saturated carbocycles. The van der Waals surface area contributed by atoms with Gasteiger partial charge in [-0.05, 0) is 67.6 Å². The van der Waals surface area contributed by atoms with Crippen molar-refractivity contribution in [1.29, 1.82) is 0 Å². The van der Waals surface area contributed by atoms with Gasteiger partial charge >= 0.3 is 6.09 Å². The molecular formula is C29H31ClFN3O4. The maximum absolute atomic E-state index is 13.6. The summed E-state index contributed by atoms with van der Waals surface area (Å²) in [6, 6.07) is 10.8. The lowest BCUT2D eigenvalue weighted by molar-refractivity contribution is -0.138. The molecule has 2 aromatic rings. The minimum Gasteiger partial charge on any atom is -0.410 e. The molecule has 0 aromatic heterocycles. The Morgan fingerprint density at radius 2 is 1.71 bits per heavy atom. The number of rotatable bonds is 5. The van der Waals surface area contributed by atoms with Crippen molar-refractivity contribution in [2.75, 3.05) is 33.2 Å². The molecule has 0 radical (unpaired) electrons. The highest BCUT2D eigenvalue weighted by molar-refractivity contribution is 6.31. The number of hydrogen-bond acceptors (Lipinski definition) is 4. The van der Waals surface area contributed by atoms with Crippen LogP contribution in [-0.2, 0) is 9.59 Å². The van der Waals surface area contributed by atoms with Gasteiger partial charge in [0.1, 0.15) is 11.6 Å². The van der Waals surface area contributed by atoms with Gasteiger partial charge in [-0.2, -0.15) is 0 Å². The van der Waals surface area contributed by atoms with Gasteiger partial charge in [-0.1, -0.05) is 29.8 Å². The number of hydrogen-bond donors (Lipinski definition) is 0. The lowest BCUT2D eigenvalue weighted by Gasteiger charge is -2.33. The molecule has 7 nitrogen and oxygen atoms in total. The van der Waals surface area contributed by atoms with Crippen LogP contribution >= 0.6 is 11.6 Å². The average Bonchev–Trinajstić information content (AvgIpc) is 3.68. The van der Waals surface area contributed by atoms with Gasteiger partial charge in [0.25, 0.3) is 0 Å². The highest BCUT2D eigenvalue weighted by Crippen LogP contribution is 2.35. The Hall–Kier alpha value is -3.39. The van der Waals surface area contributed by atoms with Crippen LogP contribution in [0.15, 0.2) is 54.1 Å². The molecule has 1 aliphatic carbocycles. The van der Waals surface area contributed by atoms with Crippen molar-refractivity contribution in [2.24, 2.45) is 5.92 Å². The number of allylic oxidation sites excluding steroid dienone is 1. The van der Waals surface area contributed by atoms with Gasteiger partial charge in [0.15, 0.2) is 0 Å². The fourth-order valence-corrected chi connectivity index (χ4v) is 5.54.